The van der Waals surface area contributed by atoms with Gasteiger partial charge in [-0.05, 0) is 22.9 Å². The van der Waals surface area contributed by atoms with Gasteiger partial charge < -0.3 is 4.84 Å². The lowest BCUT2D eigenvalue weighted by atomic mass is 10.2. The first-order chi connectivity index (χ1) is 7.61. The van der Waals surface area contributed by atoms with E-state index in [1.807, 2.05) is 0 Å². The summed E-state index contributed by atoms with van der Waals surface area (Å²) in [7, 11) is 0. The molecule has 0 fully saturated rings. The fourth-order valence-electron chi connectivity index (χ4n) is 0.990. The van der Waals surface area contributed by atoms with Crippen molar-refractivity contribution in [2.45, 2.75) is 6.54 Å². The van der Waals surface area contributed by atoms with Crippen LogP contribution in [0.15, 0.2) is 24.3 Å². The molecular formula is C9H11ClN2O4. The van der Waals surface area contributed by atoms with Crippen molar-refractivity contribution in [3.63, 3.8) is 0 Å². The Balaban J connectivity index is 2.42. The first-order valence-corrected chi connectivity index (χ1v) is 4.73. The molecule has 1 rings (SSSR count). The van der Waals surface area contributed by atoms with Gasteiger partial charge in [0.05, 0.1) is 6.54 Å². The monoisotopic (exact) mass is 246 g/mol. The molecule has 0 atom stereocenters. The standard InChI is InChI=1S/C9H11ClN2O4/c10-8-3-1-7(2-4-8)5-12(14)16-9(13)6-15-11/h1-4,14H,5-6,11H2. The smallest absolute Gasteiger partial charge is 0.340 e. The van der Waals surface area contributed by atoms with Crippen LogP contribution >= 0.6 is 11.6 Å². The largest absolute Gasteiger partial charge is 0.355 e. The Morgan fingerprint density at radius 3 is 2.62 bits per heavy atom. The minimum atomic E-state index is -0.793. The lowest BCUT2D eigenvalue weighted by Crippen LogP contribution is -2.26. The zero-order chi connectivity index (χ0) is 12.0. The number of hydrogen-bond acceptors (Lipinski definition) is 6. The summed E-state index contributed by atoms with van der Waals surface area (Å²) < 4.78 is 0. The van der Waals surface area contributed by atoms with E-state index in [9.17, 15) is 10.0 Å². The third-order valence-corrected chi connectivity index (χ3v) is 1.89. The van der Waals surface area contributed by atoms with Gasteiger partial charge >= 0.3 is 5.97 Å². The van der Waals surface area contributed by atoms with Crippen molar-refractivity contribution in [1.29, 1.82) is 0 Å². The second-order valence-electron chi connectivity index (χ2n) is 2.91. The minimum absolute atomic E-state index is 0.0213. The van der Waals surface area contributed by atoms with Crippen LogP contribution in [0.25, 0.3) is 0 Å². The fourth-order valence-corrected chi connectivity index (χ4v) is 1.12. The lowest BCUT2D eigenvalue weighted by Gasteiger charge is -2.13. The van der Waals surface area contributed by atoms with Crippen LogP contribution in [-0.2, 0) is 21.0 Å². The summed E-state index contributed by atoms with van der Waals surface area (Å²) in [6.07, 6.45) is 0. The van der Waals surface area contributed by atoms with E-state index < -0.39 is 12.6 Å². The number of carbonyl (C=O) groups is 1. The molecule has 1 aromatic rings. The van der Waals surface area contributed by atoms with Crippen LogP contribution in [0, 0.1) is 0 Å². The Kier molecular flexibility index (Phi) is 5.17. The molecule has 0 saturated heterocycles. The maximum absolute atomic E-state index is 10.8. The zero-order valence-electron chi connectivity index (χ0n) is 8.30. The molecular weight excluding hydrogens is 236 g/mol. The summed E-state index contributed by atoms with van der Waals surface area (Å²) in [6, 6.07) is 6.71. The van der Waals surface area contributed by atoms with E-state index in [0.29, 0.717) is 10.2 Å². The van der Waals surface area contributed by atoms with Gasteiger partial charge in [-0.15, -0.1) is 0 Å². The molecule has 0 radical (unpaired) electrons. The predicted octanol–water partition coefficient (Wildman–Crippen LogP) is 0.880. The van der Waals surface area contributed by atoms with Gasteiger partial charge in [0.15, 0.2) is 6.61 Å². The molecule has 0 heterocycles. The van der Waals surface area contributed by atoms with Crippen molar-refractivity contribution in [2.75, 3.05) is 6.61 Å². The van der Waals surface area contributed by atoms with Crippen LogP contribution in [0.1, 0.15) is 5.56 Å². The number of nitrogens with two attached hydrogens (primary N) is 1. The van der Waals surface area contributed by atoms with Gasteiger partial charge in [-0.2, -0.15) is 0 Å². The van der Waals surface area contributed by atoms with Crippen LogP contribution in [0.3, 0.4) is 0 Å². The van der Waals surface area contributed by atoms with Crippen molar-refractivity contribution < 1.29 is 19.7 Å². The van der Waals surface area contributed by atoms with Gasteiger partial charge in [0.1, 0.15) is 0 Å². The molecule has 0 aromatic heterocycles. The second kappa shape index (κ2) is 6.41. The first kappa shape index (κ1) is 12.9. The Bertz CT molecular complexity index is 344. The maximum Gasteiger partial charge on any atom is 0.355 e. The number of rotatable bonds is 5. The molecule has 6 nitrogen and oxygen atoms in total. The SMILES string of the molecule is NOCC(=O)ON(O)Cc1ccc(Cl)cc1. The van der Waals surface area contributed by atoms with Gasteiger partial charge in [-0.3, -0.25) is 10.0 Å². The van der Waals surface area contributed by atoms with Crippen molar-refractivity contribution in [1.82, 2.24) is 5.23 Å². The summed E-state index contributed by atoms with van der Waals surface area (Å²) >= 11 is 5.68. The number of benzene rings is 1. The zero-order valence-corrected chi connectivity index (χ0v) is 9.05. The van der Waals surface area contributed by atoms with Crippen LogP contribution in [-0.4, -0.2) is 23.0 Å². The molecule has 0 aliphatic heterocycles. The molecule has 16 heavy (non-hydrogen) atoms. The fraction of sp³-hybridized carbons (Fsp3) is 0.222. The van der Waals surface area contributed by atoms with Gasteiger partial charge in [-0.25, -0.2) is 10.7 Å². The molecule has 1 aromatic carbocycles. The van der Waals surface area contributed by atoms with Crippen molar-refractivity contribution in [3.8, 4) is 0 Å². The van der Waals surface area contributed by atoms with Gasteiger partial charge in [0.2, 0.25) is 0 Å². The highest BCUT2D eigenvalue weighted by atomic mass is 35.5. The molecule has 0 spiro atoms. The van der Waals surface area contributed by atoms with Gasteiger partial charge in [0.25, 0.3) is 0 Å². The van der Waals surface area contributed by atoms with E-state index >= 15 is 0 Å². The molecule has 3 N–H and O–H groups in total. The molecule has 0 aliphatic rings. The molecule has 7 heteroatoms. The summed E-state index contributed by atoms with van der Waals surface area (Å²) in [4.78, 5) is 19.3. The van der Waals surface area contributed by atoms with Crippen LogP contribution in [0.4, 0.5) is 0 Å². The summed E-state index contributed by atoms with van der Waals surface area (Å²) in [5.74, 6) is 3.87. The quantitative estimate of drug-likeness (QED) is 0.751. The normalized spacial score (nSPS) is 10.5. The van der Waals surface area contributed by atoms with Crippen molar-refractivity contribution >= 4 is 17.6 Å². The second-order valence-corrected chi connectivity index (χ2v) is 3.35. The molecule has 0 unspecified atom stereocenters. The summed E-state index contributed by atoms with van der Waals surface area (Å²) in [6.45, 7) is -0.412. The van der Waals surface area contributed by atoms with Crippen LogP contribution in [0.5, 0.6) is 0 Å². The number of halogens is 1. The van der Waals surface area contributed by atoms with E-state index in [1.165, 1.54) is 0 Å². The lowest BCUT2D eigenvalue weighted by molar-refractivity contribution is -0.325. The summed E-state index contributed by atoms with van der Waals surface area (Å²) in [5.41, 5.74) is 0.730. The third-order valence-electron chi connectivity index (χ3n) is 1.64. The highest BCUT2D eigenvalue weighted by Gasteiger charge is 2.09. The maximum atomic E-state index is 10.8. The van der Waals surface area contributed by atoms with Crippen molar-refractivity contribution in [3.05, 3.63) is 34.9 Å². The number of carbonyl (C=O) groups excluding carboxylic acids is 1. The molecule has 0 saturated carbocycles. The van der Waals surface area contributed by atoms with Crippen molar-refractivity contribution in [2.24, 2.45) is 5.90 Å². The van der Waals surface area contributed by atoms with E-state index in [0.717, 1.165) is 5.56 Å². The molecule has 0 amide bonds. The number of nitrogens with zero attached hydrogens (tertiary/aromatic N) is 1. The highest BCUT2D eigenvalue weighted by molar-refractivity contribution is 6.30. The number of hydrogen-bond donors (Lipinski definition) is 2. The van der Waals surface area contributed by atoms with Gasteiger partial charge in [0, 0.05) is 5.02 Å². The Morgan fingerprint density at radius 1 is 1.44 bits per heavy atom. The van der Waals surface area contributed by atoms with E-state index in [4.69, 9.17) is 11.6 Å². The molecule has 0 aliphatic carbocycles. The molecule has 88 valence electrons. The minimum Gasteiger partial charge on any atom is -0.340 e. The van der Waals surface area contributed by atoms with Crippen LogP contribution in [0.2, 0.25) is 5.02 Å². The first-order valence-electron chi connectivity index (χ1n) is 4.35. The Morgan fingerprint density at radius 2 is 2.06 bits per heavy atom. The van der Waals surface area contributed by atoms with Crippen LogP contribution < -0.4 is 5.90 Å². The molecule has 0 bridgehead atoms. The van der Waals surface area contributed by atoms with E-state index in [-0.39, 0.29) is 6.54 Å². The average molecular weight is 247 g/mol. The Hall–Kier alpha value is -1.18. The topological polar surface area (TPSA) is 85.0 Å². The number of hydroxylamine groups is 2. The third kappa shape index (κ3) is 4.56. The summed E-state index contributed by atoms with van der Waals surface area (Å²) in [5, 5.41) is 10.2. The van der Waals surface area contributed by atoms with E-state index in [2.05, 4.69) is 15.6 Å². The predicted molar refractivity (Wildman–Crippen MR) is 55.0 cm³/mol. The highest BCUT2D eigenvalue weighted by Crippen LogP contribution is 2.10. The average Bonchev–Trinajstić information content (AvgIpc) is 2.21. The Labute approximate surface area is 97.0 Å². The van der Waals surface area contributed by atoms with Gasteiger partial charge in [-0.1, -0.05) is 23.7 Å². The van der Waals surface area contributed by atoms with E-state index in [1.54, 1.807) is 24.3 Å².